The Kier molecular flexibility index (Phi) is 9.10. The number of unbranched alkanes of at least 4 members (excludes halogenated alkanes) is 2. The second kappa shape index (κ2) is 12.3. The van der Waals surface area contributed by atoms with E-state index < -0.39 is 0 Å². The van der Waals surface area contributed by atoms with E-state index in [0.717, 1.165) is 30.8 Å². The Morgan fingerprint density at radius 2 is 1.63 bits per heavy atom. The van der Waals surface area contributed by atoms with E-state index in [4.69, 9.17) is 4.74 Å². The van der Waals surface area contributed by atoms with Crippen LogP contribution in [0.15, 0.2) is 60.7 Å². The lowest BCUT2D eigenvalue weighted by Gasteiger charge is -2.27. The largest absolute Gasteiger partial charge is 0.494 e. The molecule has 0 saturated heterocycles. The van der Waals surface area contributed by atoms with E-state index in [2.05, 4.69) is 86.4 Å². The third-order valence-corrected chi connectivity index (χ3v) is 6.17. The van der Waals surface area contributed by atoms with Gasteiger partial charge in [0.1, 0.15) is 5.75 Å². The first-order chi connectivity index (χ1) is 14.8. The summed E-state index contributed by atoms with van der Waals surface area (Å²) in [4.78, 5) is 0. The van der Waals surface area contributed by atoms with Crippen LogP contribution in [0.25, 0.3) is 0 Å². The lowest BCUT2D eigenvalue weighted by atomic mass is 9.78. The second-order valence-corrected chi connectivity index (χ2v) is 8.42. The first kappa shape index (κ1) is 22.2. The second-order valence-electron chi connectivity index (χ2n) is 8.42. The van der Waals surface area contributed by atoms with E-state index in [1.165, 1.54) is 49.7 Å². The minimum atomic E-state index is 0.666. The van der Waals surface area contributed by atoms with Gasteiger partial charge < -0.3 is 4.74 Å². The van der Waals surface area contributed by atoms with E-state index in [1.54, 1.807) is 0 Å². The lowest BCUT2D eigenvalue weighted by molar-refractivity contribution is 0.306. The Balaban J connectivity index is 1.42. The molecule has 1 aliphatic carbocycles. The molecule has 1 saturated carbocycles. The highest BCUT2D eigenvalue weighted by Crippen LogP contribution is 2.36. The van der Waals surface area contributed by atoms with Gasteiger partial charge in [0.15, 0.2) is 0 Å². The molecule has 0 aliphatic heterocycles. The molecule has 1 nitrogen and oxygen atoms in total. The number of aryl methyl sites for hydroxylation is 1. The molecule has 0 spiro atoms. The van der Waals surface area contributed by atoms with E-state index in [1.807, 2.05) is 0 Å². The van der Waals surface area contributed by atoms with Crippen molar-refractivity contribution >= 4 is 0 Å². The van der Waals surface area contributed by atoms with Crippen LogP contribution in [0.5, 0.6) is 5.75 Å². The zero-order valence-electron chi connectivity index (χ0n) is 18.7. The van der Waals surface area contributed by atoms with Crippen molar-refractivity contribution in [2.45, 2.75) is 71.1 Å². The van der Waals surface area contributed by atoms with Crippen LogP contribution < -0.4 is 4.74 Å². The summed E-state index contributed by atoms with van der Waals surface area (Å²) in [5.74, 6) is 8.83. The van der Waals surface area contributed by atoms with Gasteiger partial charge in [-0.3, -0.25) is 0 Å². The van der Waals surface area contributed by atoms with Crippen LogP contribution >= 0.6 is 0 Å². The summed E-state index contributed by atoms with van der Waals surface area (Å²) in [5.41, 5.74) is 3.92. The maximum atomic E-state index is 5.84. The molecular weight excluding hydrogens is 364 g/mol. The van der Waals surface area contributed by atoms with Crippen LogP contribution in [0.3, 0.4) is 0 Å². The molecule has 1 aliphatic rings. The van der Waals surface area contributed by atoms with Gasteiger partial charge in [0.2, 0.25) is 0 Å². The monoisotopic (exact) mass is 400 g/mol. The normalized spacial score (nSPS) is 18.7. The Morgan fingerprint density at radius 3 is 2.30 bits per heavy atom. The molecule has 0 amide bonds. The van der Waals surface area contributed by atoms with Gasteiger partial charge in [-0.15, -0.1) is 0 Å². The molecule has 0 bridgehead atoms. The highest BCUT2D eigenvalue weighted by molar-refractivity contribution is 5.38. The van der Waals surface area contributed by atoms with Gasteiger partial charge in [-0.2, -0.15) is 0 Å². The molecule has 2 aromatic carbocycles. The van der Waals surface area contributed by atoms with E-state index in [0.29, 0.717) is 11.8 Å². The van der Waals surface area contributed by atoms with Gasteiger partial charge in [-0.25, -0.2) is 0 Å². The molecule has 0 heterocycles. The highest BCUT2D eigenvalue weighted by Gasteiger charge is 2.20. The van der Waals surface area contributed by atoms with Crippen molar-refractivity contribution < 1.29 is 4.74 Å². The molecule has 1 heteroatoms. The van der Waals surface area contributed by atoms with Gasteiger partial charge >= 0.3 is 0 Å². The smallest absolute Gasteiger partial charge is 0.119 e. The molecule has 30 heavy (non-hydrogen) atoms. The molecule has 3 rings (SSSR count). The van der Waals surface area contributed by atoms with Crippen LogP contribution in [0.1, 0.15) is 81.4 Å². The number of ether oxygens (including phenoxy) is 1. The number of benzene rings is 2. The number of allylic oxidation sites excluding steroid dienone is 2. The molecule has 2 aromatic rings. The van der Waals surface area contributed by atoms with E-state index in [9.17, 15) is 0 Å². The minimum absolute atomic E-state index is 0.666. The van der Waals surface area contributed by atoms with Crippen LogP contribution in [-0.4, -0.2) is 6.61 Å². The molecular formula is C29H36O. The third-order valence-electron chi connectivity index (χ3n) is 6.17. The van der Waals surface area contributed by atoms with Crippen molar-refractivity contribution in [3.8, 4) is 17.6 Å². The maximum absolute atomic E-state index is 5.84. The first-order valence-electron chi connectivity index (χ1n) is 11.8. The Morgan fingerprint density at radius 1 is 0.900 bits per heavy atom. The summed E-state index contributed by atoms with van der Waals surface area (Å²) in [5, 5.41) is 0. The van der Waals surface area contributed by atoms with Crippen molar-refractivity contribution in [3.05, 3.63) is 77.4 Å². The average molecular weight is 401 g/mol. The zero-order valence-corrected chi connectivity index (χ0v) is 18.7. The number of hydrogen-bond donors (Lipinski definition) is 0. The SMILES string of the molecule is CCCCCOc1ccc([C@H]2CC[C@H](/C=C/C#Cc3ccc(CC)cc3)CC2)cc1. The first-order valence-corrected chi connectivity index (χ1v) is 11.8. The zero-order chi connectivity index (χ0) is 21.0. The Bertz CT molecular complexity index is 825. The Hall–Kier alpha value is -2.46. The van der Waals surface area contributed by atoms with Crippen molar-refractivity contribution in [2.75, 3.05) is 6.61 Å². The summed E-state index contributed by atoms with van der Waals surface area (Å²) in [7, 11) is 0. The fourth-order valence-corrected chi connectivity index (χ4v) is 4.16. The summed E-state index contributed by atoms with van der Waals surface area (Å²) in [6.07, 6.45) is 14.1. The summed E-state index contributed by atoms with van der Waals surface area (Å²) >= 11 is 0. The summed E-state index contributed by atoms with van der Waals surface area (Å²) in [6, 6.07) is 17.4. The van der Waals surface area contributed by atoms with Crippen LogP contribution in [0.2, 0.25) is 0 Å². The predicted octanol–water partition coefficient (Wildman–Crippen LogP) is 7.70. The molecule has 0 N–H and O–H groups in total. The van der Waals surface area contributed by atoms with Gasteiger partial charge in [0.25, 0.3) is 0 Å². The van der Waals surface area contributed by atoms with Crippen molar-refractivity contribution in [1.29, 1.82) is 0 Å². The lowest BCUT2D eigenvalue weighted by Crippen LogP contribution is -2.11. The van der Waals surface area contributed by atoms with Gasteiger partial charge in [0.05, 0.1) is 6.61 Å². The van der Waals surface area contributed by atoms with Crippen LogP contribution in [0.4, 0.5) is 0 Å². The quantitative estimate of drug-likeness (QED) is 0.326. The predicted molar refractivity (Wildman–Crippen MR) is 128 cm³/mol. The van der Waals surface area contributed by atoms with Gasteiger partial charge in [-0.05, 0) is 91.8 Å². The third kappa shape index (κ3) is 7.10. The Labute approximate surface area is 183 Å². The van der Waals surface area contributed by atoms with Crippen LogP contribution in [-0.2, 0) is 6.42 Å². The van der Waals surface area contributed by atoms with Crippen molar-refractivity contribution in [1.82, 2.24) is 0 Å². The molecule has 0 radical (unpaired) electrons. The maximum Gasteiger partial charge on any atom is 0.119 e. The number of hydrogen-bond acceptors (Lipinski definition) is 1. The van der Waals surface area contributed by atoms with E-state index in [-0.39, 0.29) is 0 Å². The topological polar surface area (TPSA) is 9.23 Å². The summed E-state index contributed by atoms with van der Waals surface area (Å²) < 4.78 is 5.84. The number of rotatable bonds is 8. The van der Waals surface area contributed by atoms with Gasteiger partial charge in [0, 0.05) is 5.56 Å². The standard InChI is InChI=1S/C29H36O/c1-3-5-8-23-30-29-21-19-28(20-22-29)27-17-15-26(16-18-27)10-7-6-9-25-13-11-24(4-2)12-14-25/h7,10-14,19-22,26-27H,3-5,8,15-18,23H2,1-2H3/b10-7+/t26-,27-. The fourth-order valence-electron chi connectivity index (χ4n) is 4.16. The summed E-state index contributed by atoms with van der Waals surface area (Å²) in [6.45, 7) is 5.23. The molecule has 1 fully saturated rings. The molecule has 0 atom stereocenters. The molecule has 0 unspecified atom stereocenters. The van der Waals surface area contributed by atoms with Crippen molar-refractivity contribution in [2.24, 2.45) is 5.92 Å². The van der Waals surface area contributed by atoms with E-state index >= 15 is 0 Å². The van der Waals surface area contributed by atoms with Crippen LogP contribution in [0, 0.1) is 17.8 Å². The highest BCUT2D eigenvalue weighted by atomic mass is 16.5. The molecule has 158 valence electrons. The van der Waals surface area contributed by atoms with Gasteiger partial charge in [-0.1, -0.05) is 68.9 Å². The van der Waals surface area contributed by atoms with Crippen molar-refractivity contribution in [3.63, 3.8) is 0 Å². The molecule has 0 aromatic heterocycles. The minimum Gasteiger partial charge on any atom is -0.494 e. The average Bonchev–Trinajstić information content (AvgIpc) is 2.81. The fraction of sp³-hybridized carbons (Fsp3) is 0.448.